The second-order valence-corrected chi connectivity index (χ2v) is 3.89. The van der Waals surface area contributed by atoms with Gasteiger partial charge in [-0.15, -0.1) is 0 Å². The van der Waals surface area contributed by atoms with Gasteiger partial charge in [0.1, 0.15) is 0 Å². The highest BCUT2D eigenvalue weighted by Crippen LogP contribution is 2.34. The van der Waals surface area contributed by atoms with E-state index >= 15 is 0 Å². The predicted octanol–water partition coefficient (Wildman–Crippen LogP) is 2.32. The summed E-state index contributed by atoms with van der Waals surface area (Å²) in [6, 6.07) is 0.720. The van der Waals surface area contributed by atoms with Gasteiger partial charge in [0.2, 0.25) is 0 Å². The lowest BCUT2D eigenvalue weighted by molar-refractivity contribution is 0.431. The molecular weight excluding hydrogens is 122 g/mol. The van der Waals surface area contributed by atoms with Crippen molar-refractivity contribution in [3.63, 3.8) is 0 Å². The van der Waals surface area contributed by atoms with Gasteiger partial charge in [0, 0.05) is 11.6 Å². The van der Waals surface area contributed by atoms with Crippen molar-refractivity contribution >= 4 is 0 Å². The van der Waals surface area contributed by atoms with Crippen LogP contribution in [-0.4, -0.2) is 11.6 Å². The van der Waals surface area contributed by atoms with Gasteiger partial charge in [-0.1, -0.05) is 13.3 Å². The van der Waals surface area contributed by atoms with Gasteiger partial charge in [0.15, 0.2) is 0 Å². The molecule has 0 radical (unpaired) electrons. The van der Waals surface area contributed by atoms with Crippen molar-refractivity contribution in [2.24, 2.45) is 0 Å². The lowest BCUT2D eigenvalue weighted by Crippen LogP contribution is -2.35. The molecule has 1 heteroatoms. The molecule has 0 amide bonds. The van der Waals surface area contributed by atoms with E-state index in [-0.39, 0.29) is 0 Å². The lowest BCUT2D eigenvalue weighted by Gasteiger charge is -2.17. The second-order valence-electron chi connectivity index (χ2n) is 3.89. The normalized spacial score (nSPS) is 24.3. The number of nitrogens with one attached hydrogen (secondary N) is 1. The summed E-state index contributed by atoms with van der Waals surface area (Å²) >= 11 is 0. The molecule has 1 N–H and O–H groups in total. The maximum absolute atomic E-state index is 3.63. The summed E-state index contributed by atoms with van der Waals surface area (Å²) in [5, 5.41) is 3.63. The molecule has 10 heavy (non-hydrogen) atoms. The molecule has 0 aliphatic heterocycles. The van der Waals surface area contributed by atoms with Crippen molar-refractivity contribution in [1.82, 2.24) is 5.32 Å². The van der Waals surface area contributed by atoms with Crippen molar-refractivity contribution < 1.29 is 0 Å². The summed E-state index contributed by atoms with van der Waals surface area (Å²) < 4.78 is 0. The van der Waals surface area contributed by atoms with Gasteiger partial charge in [-0.3, -0.25) is 0 Å². The number of hydrogen-bond acceptors (Lipinski definition) is 1. The van der Waals surface area contributed by atoms with E-state index in [2.05, 4.69) is 26.1 Å². The van der Waals surface area contributed by atoms with Crippen LogP contribution >= 0.6 is 0 Å². The van der Waals surface area contributed by atoms with Gasteiger partial charge in [-0.25, -0.2) is 0 Å². The Morgan fingerprint density at radius 3 is 2.50 bits per heavy atom. The Kier molecular flexibility index (Phi) is 2.35. The molecule has 0 aromatic rings. The Labute approximate surface area is 64.2 Å². The van der Waals surface area contributed by atoms with Gasteiger partial charge in [0.25, 0.3) is 0 Å². The van der Waals surface area contributed by atoms with Crippen LogP contribution in [0.1, 0.15) is 46.5 Å². The maximum Gasteiger partial charge on any atom is 0.0157 e. The Bertz CT molecular complexity index is 105. The molecule has 1 nitrogen and oxygen atoms in total. The molecule has 1 unspecified atom stereocenters. The summed E-state index contributed by atoms with van der Waals surface area (Å²) in [6.45, 7) is 6.85. The van der Waals surface area contributed by atoms with E-state index < -0.39 is 0 Å². The molecule has 1 aliphatic carbocycles. The molecule has 1 aliphatic rings. The Hall–Kier alpha value is -0.0400. The van der Waals surface area contributed by atoms with E-state index in [0.29, 0.717) is 5.54 Å². The standard InChI is InChI=1S/C9H19N/c1-4-5-8(2)10-9(3)6-7-9/h8,10H,4-7H2,1-3H3. The van der Waals surface area contributed by atoms with E-state index in [1.807, 2.05) is 0 Å². The van der Waals surface area contributed by atoms with Gasteiger partial charge in [-0.05, 0) is 33.1 Å². The molecule has 0 spiro atoms. The van der Waals surface area contributed by atoms with Crippen LogP contribution in [0.5, 0.6) is 0 Å². The Balaban J connectivity index is 2.11. The molecule has 1 saturated carbocycles. The average molecular weight is 141 g/mol. The summed E-state index contributed by atoms with van der Waals surface area (Å²) in [5.41, 5.74) is 0.522. The fraction of sp³-hybridized carbons (Fsp3) is 1.00. The highest BCUT2D eigenvalue weighted by atomic mass is 15.0. The van der Waals surface area contributed by atoms with Gasteiger partial charge in [0.05, 0.1) is 0 Å². The lowest BCUT2D eigenvalue weighted by atomic mass is 10.1. The minimum absolute atomic E-state index is 0.522. The van der Waals surface area contributed by atoms with Crippen molar-refractivity contribution in [2.45, 2.75) is 58.0 Å². The van der Waals surface area contributed by atoms with Gasteiger partial charge in [-0.2, -0.15) is 0 Å². The fourth-order valence-corrected chi connectivity index (χ4v) is 1.43. The molecule has 1 fully saturated rings. The Morgan fingerprint density at radius 1 is 1.50 bits per heavy atom. The average Bonchev–Trinajstić information content (AvgIpc) is 2.48. The van der Waals surface area contributed by atoms with Crippen LogP contribution in [0.3, 0.4) is 0 Å². The number of hydrogen-bond donors (Lipinski definition) is 1. The number of rotatable bonds is 4. The Morgan fingerprint density at radius 2 is 2.10 bits per heavy atom. The molecule has 60 valence electrons. The van der Waals surface area contributed by atoms with Crippen LogP contribution in [0.25, 0.3) is 0 Å². The van der Waals surface area contributed by atoms with E-state index in [1.165, 1.54) is 25.7 Å². The predicted molar refractivity (Wildman–Crippen MR) is 45.1 cm³/mol. The summed E-state index contributed by atoms with van der Waals surface area (Å²) in [4.78, 5) is 0. The molecular formula is C9H19N. The topological polar surface area (TPSA) is 12.0 Å². The third-order valence-electron chi connectivity index (χ3n) is 2.32. The van der Waals surface area contributed by atoms with Crippen molar-refractivity contribution in [2.75, 3.05) is 0 Å². The second kappa shape index (κ2) is 2.91. The minimum Gasteiger partial charge on any atom is -0.309 e. The third-order valence-corrected chi connectivity index (χ3v) is 2.32. The first kappa shape index (κ1) is 8.06. The monoisotopic (exact) mass is 141 g/mol. The SMILES string of the molecule is CCCC(C)NC1(C)CC1. The quantitative estimate of drug-likeness (QED) is 0.633. The van der Waals surface area contributed by atoms with Crippen LogP contribution in [0, 0.1) is 0 Å². The van der Waals surface area contributed by atoms with Gasteiger partial charge >= 0.3 is 0 Å². The third kappa shape index (κ3) is 2.30. The molecule has 0 saturated heterocycles. The molecule has 0 heterocycles. The molecule has 0 aromatic carbocycles. The largest absolute Gasteiger partial charge is 0.309 e. The zero-order valence-electron chi connectivity index (χ0n) is 7.41. The molecule has 0 aromatic heterocycles. The zero-order chi connectivity index (χ0) is 7.61. The maximum atomic E-state index is 3.63. The summed E-state index contributed by atoms with van der Waals surface area (Å²) in [7, 11) is 0. The van der Waals surface area contributed by atoms with E-state index in [4.69, 9.17) is 0 Å². The van der Waals surface area contributed by atoms with E-state index in [9.17, 15) is 0 Å². The van der Waals surface area contributed by atoms with Crippen LogP contribution in [0.2, 0.25) is 0 Å². The van der Waals surface area contributed by atoms with Gasteiger partial charge < -0.3 is 5.32 Å². The van der Waals surface area contributed by atoms with Crippen molar-refractivity contribution in [3.05, 3.63) is 0 Å². The summed E-state index contributed by atoms with van der Waals surface area (Å²) in [5.74, 6) is 0. The van der Waals surface area contributed by atoms with Crippen LogP contribution in [0.15, 0.2) is 0 Å². The van der Waals surface area contributed by atoms with Crippen LogP contribution in [-0.2, 0) is 0 Å². The van der Waals surface area contributed by atoms with Crippen molar-refractivity contribution in [3.8, 4) is 0 Å². The first-order valence-corrected chi connectivity index (χ1v) is 4.44. The smallest absolute Gasteiger partial charge is 0.0157 e. The minimum atomic E-state index is 0.522. The fourth-order valence-electron chi connectivity index (χ4n) is 1.43. The molecule has 1 atom stereocenters. The highest BCUT2D eigenvalue weighted by molar-refractivity contribution is 4.98. The van der Waals surface area contributed by atoms with Crippen LogP contribution < -0.4 is 5.32 Å². The highest BCUT2D eigenvalue weighted by Gasteiger charge is 2.37. The van der Waals surface area contributed by atoms with E-state index in [0.717, 1.165) is 6.04 Å². The first-order valence-electron chi connectivity index (χ1n) is 4.44. The van der Waals surface area contributed by atoms with E-state index in [1.54, 1.807) is 0 Å². The first-order chi connectivity index (χ1) is 4.66. The zero-order valence-corrected chi connectivity index (χ0v) is 7.41. The van der Waals surface area contributed by atoms with Crippen LogP contribution in [0.4, 0.5) is 0 Å². The molecule has 0 bridgehead atoms. The van der Waals surface area contributed by atoms with Crippen molar-refractivity contribution in [1.29, 1.82) is 0 Å². The molecule has 1 rings (SSSR count). The summed E-state index contributed by atoms with van der Waals surface area (Å²) in [6.07, 6.45) is 5.36.